The summed E-state index contributed by atoms with van der Waals surface area (Å²) < 4.78 is 7.32. The molecule has 0 saturated heterocycles. The van der Waals surface area contributed by atoms with Gasteiger partial charge in [-0.1, -0.05) is 19.9 Å². The van der Waals surface area contributed by atoms with Crippen LogP contribution in [0.5, 0.6) is 5.88 Å². The summed E-state index contributed by atoms with van der Waals surface area (Å²) in [6.07, 6.45) is 5.39. The molecular formula is C16H23N3O. The van der Waals surface area contributed by atoms with Gasteiger partial charge >= 0.3 is 0 Å². The first-order chi connectivity index (χ1) is 9.76. The van der Waals surface area contributed by atoms with Crippen LogP contribution in [-0.2, 0) is 6.54 Å². The van der Waals surface area contributed by atoms with Crippen molar-refractivity contribution in [2.75, 3.05) is 13.7 Å². The Morgan fingerprint density at radius 1 is 1.30 bits per heavy atom. The Hall–Kier alpha value is -1.81. The van der Waals surface area contributed by atoms with Crippen LogP contribution in [0.3, 0.4) is 0 Å². The van der Waals surface area contributed by atoms with Crippen molar-refractivity contribution in [1.29, 1.82) is 0 Å². The second-order valence-electron chi connectivity index (χ2n) is 4.81. The number of hydrogen-bond donors (Lipinski definition) is 1. The highest BCUT2D eigenvalue weighted by molar-refractivity contribution is 5.19. The molecule has 20 heavy (non-hydrogen) atoms. The molecule has 2 heterocycles. The van der Waals surface area contributed by atoms with Gasteiger partial charge in [-0.2, -0.15) is 0 Å². The van der Waals surface area contributed by atoms with Gasteiger partial charge < -0.3 is 14.6 Å². The molecule has 2 aromatic rings. The molecule has 2 rings (SSSR count). The Bertz CT molecular complexity index is 536. The van der Waals surface area contributed by atoms with Crippen molar-refractivity contribution >= 4 is 0 Å². The zero-order valence-corrected chi connectivity index (χ0v) is 12.5. The Balaban J connectivity index is 2.08. The molecule has 0 saturated carbocycles. The summed E-state index contributed by atoms with van der Waals surface area (Å²) >= 11 is 0. The maximum Gasteiger partial charge on any atom is 0.213 e. The van der Waals surface area contributed by atoms with Crippen LogP contribution < -0.4 is 10.1 Å². The zero-order valence-electron chi connectivity index (χ0n) is 12.5. The van der Waals surface area contributed by atoms with Crippen LogP contribution in [0.4, 0.5) is 0 Å². The number of nitrogens with one attached hydrogen (secondary N) is 1. The second kappa shape index (κ2) is 7.10. The third-order valence-corrected chi connectivity index (χ3v) is 3.37. The molecule has 0 amide bonds. The van der Waals surface area contributed by atoms with Crippen LogP contribution in [0.2, 0.25) is 0 Å². The van der Waals surface area contributed by atoms with Gasteiger partial charge in [-0.15, -0.1) is 0 Å². The number of nitrogens with zero attached hydrogens (tertiary/aromatic N) is 2. The number of hydrogen-bond acceptors (Lipinski definition) is 3. The molecule has 2 aromatic heterocycles. The lowest BCUT2D eigenvalue weighted by Crippen LogP contribution is -2.19. The summed E-state index contributed by atoms with van der Waals surface area (Å²) in [5.41, 5.74) is 2.33. The molecule has 0 aromatic carbocycles. The molecule has 0 spiro atoms. The van der Waals surface area contributed by atoms with E-state index in [1.165, 1.54) is 5.56 Å². The minimum atomic E-state index is 0.430. The Morgan fingerprint density at radius 3 is 2.85 bits per heavy atom. The minimum absolute atomic E-state index is 0.430. The van der Waals surface area contributed by atoms with Gasteiger partial charge in [0.05, 0.1) is 19.3 Å². The molecule has 108 valence electrons. The lowest BCUT2D eigenvalue weighted by Gasteiger charge is -2.14. The second-order valence-corrected chi connectivity index (χ2v) is 4.81. The number of rotatable bonds is 7. The maximum atomic E-state index is 5.15. The van der Waals surface area contributed by atoms with Crippen LogP contribution in [0, 0.1) is 0 Å². The molecule has 4 heteroatoms. The highest BCUT2D eigenvalue weighted by Gasteiger charge is 2.09. The lowest BCUT2D eigenvalue weighted by molar-refractivity contribution is 0.396. The van der Waals surface area contributed by atoms with Gasteiger partial charge in [0.1, 0.15) is 0 Å². The molecular weight excluding hydrogens is 250 g/mol. The minimum Gasteiger partial charge on any atom is -0.481 e. The molecule has 0 fully saturated rings. The topological polar surface area (TPSA) is 39.1 Å². The van der Waals surface area contributed by atoms with E-state index < -0.39 is 0 Å². The number of aromatic nitrogens is 2. The van der Waals surface area contributed by atoms with E-state index in [9.17, 15) is 0 Å². The van der Waals surface area contributed by atoms with Gasteiger partial charge in [-0.25, -0.2) is 4.98 Å². The van der Waals surface area contributed by atoms with E-state index in [2.05, 4.69) is 47.2 Å². The van der Waals surface area contributed by atoms with Gasteiger partial charge in [-0.3, -0.25) is 0 Å². The Labute approximate surface area is 120 Å². The van der Waals surface area contributed by atoms with Crippen LogP contribution in [0.1, 0.15) is 37.6 Å². The highest BCUT2D eigenvalue weighted by Crippen LogP contribution is 2.17. The number of methoxy groups -OCH3 is 1. The third kappa shape index (κ3) is 3.61. The van der Waals surface area contributed by atoms with Crippen LogP contribution in [0.25, 0.3) is 0 Å². The molecule has 4 nitrogen and oxygen atoms in total. The van der Waals surface area contributed by atoms with Crippen molar-refractivity contribution in [2.45, 2.75) is 32.9 Å². The van der Waals surface area contributed by atoms with Crippen molar-refractivity contribution in [3.63, 3.8) is 0 Å². The van der Waals surface area contributed by atoms with Crippen LogP contribution in [0.15, 0.2) is 36.7 Å². The smallest absolute Gasteiger partial charge is 0.213 e. The largest absolute Gasteiger partial charge is 0.481 e. The summed E-state index contributed by atoms with van der Waals surface area (Å²) in [6, 6.07) is 8.46. The van der Waals surface area contributed by atoms with E-state index in [0.29, 0.717) is 11.9 Å². The van der Waals surface area contributed by atoms with Crippen LogP contribution in [-0.4, -0.2) is 23.2 Å². The molecule has 0 bridgehead atoms. The molecule has 1 atom stereocenters. The van der Waals surface area contributed by atoms with Crippen molar-refractivity contribution < 1.29 is 4.74 Å². The molecule has 0 aliphatic heterocycles. The summed E-state index contributed by atoms with van der Waals surface area (Å²) in [6.45, 7) is 6.09. The first kappa shape index (κ1) is 14.6. The van der Waals surface area contributed by atoms with Gasteiger partial charge in [0.25, 0.3) is 0 Å². The fraction of sp³-hybridized carbons (Fsp3) is 0.438. The van der Waals surface area contributed by atoms with Crippen molar-refractivity contribution in [2.24, 2.45) is 0 Å². The summed E-state index contributed by atoms with van der Waals surface area (Å²) in [4.78, 5) is 4.44. The summed E-state index contributed by atoms with van der Waals surface area (Å²) in [7, 11) is 1.64. The molecule has 0 radical (unpaired) electrons. The van der Waals surface area contributed by atoms with Crippen molar-refractivity contribution in [3.05, 3.63) is 47.9 Å². The SMILES string of the molecule is CCNC(CC)c1ccn(Cc2cccc(OC)n2)c1. The normalized spacial score (nSPS) is 12.3. The first-order valence-corrected chi connectivity index (χ1v) is 7.15. The molecule has 1 unspecified atom stereocenters. The number of ether oxygens (including phenoxy) is 1. The van der Waals surface area contributed by atoms with E-state index in [1.807, 2.05) is 18.2 Å². The predicted octanol–water partition coefficient (Wildman–Crippen LogP) is 3.00. The Morgan fingerprint density at radius 2 is 2.15 bits per heavy atom. The number of pyridine rings is 1. The molecule has 0 aliphatic carbocycles. The standard InChI is InChI=1S/C16H23N3O/c1-4-15(17-5-2)13-9-10-19(11-13)12-14-7-6-8-16(18-14)20-3/h6-11,15,17H,4-5,12H2,1-3H3. The van der Waals surface area contributed by atoms with E-state index >= 15 is 0 Å². The quantitative estimate of drug-likeness (QED) is 0.843. The summed E-state index contributed by atoms with van der Waals surface area (Å²) in [5.74, 6) is 0.661. The van der Waals surface area contributed by atoms with Gasteiger partial charge in [0.2, 0.25) is 5.88 Å². The molecule has 0 aliphatic rings. The Kier molecular flexibility index (Phi) is 5.18. The van der Waals surface area contributed by atoms with E-state index in [4.69, 9.17) is 4.74 Å². The highest BCUT2D eigenvalue weighted by atomic mass is 16.5. The first-order valence-electron chi connectivity index (χ1n) is 7.15. The maximum absolute atomic E-state index is 5.15. The fourth-order valence-corrected chi connectivity index (χ4v) is 2.35. The predicted molar refractivity (Wildman–Crippen MR) is 81.0 cm³/mol. The monoisotopic (exact) mass is 273 g/mol. The average Bonchev–Trinajstić information content (AvgIpc) is 2.93. The van der Waals surface area contributed by atoms with Gasteiger partial charge in [-0.05, 0) is 30.7 Å². The van der Waals surface area contributed by atoms with Crippen molar-refractivity contribution in [3.8, 4) is 5.88 Å². The lowest BCUT2D eigenvalue weighted by atomic mass is 10.1. The van der Waals surface area contributed by atoms with E-state index in [0.717, 1.165) is 25.2 Å². The van der Waals surface area contributed by atoms with Gasteiger partial charge in [0, 0.05) is 24.5 Å². The van der Waals surface area contributed by atoms with Crippen molar-refractivity contribution in [1.82, 2.24) is 14.9 Å². The summed E-state index contributed by atoms with van der Waals surface area (Å²) in [5, 5.41) is 3.50. The fourth-order valence-electron chi connectivity index (χ4n) is 2.35. The zero-order chi connectivity index (χ0) is 14.4. The molecule has 1 N–H and O–H groups in total. The average molecular weight is 273 g/mol. The van der Waals surface area contributed by atoms with E-state index in [-0.39, 0.29) is 0 Å². The van der Waals surface area contributed by atoms with Gasteiger partial charge in [0.15, 0.2) is 0 Å². The van der Waals surface area contributed by atoms with Crippen LogP contribution >= 0.6 is 0 Å². The third-order valence-electron chi connectivity index (χ3n) is 3.37. The van der Waals surface area contributed by atoms with E-state index in [1.54, 1.807) is 7.11 Å².